The molecule has 0 aromatic carbocycles. The van der Waals surface area contributed by atoms with Gasteiger partial charge >= 0.3 is 0 Å². The van der Waals surface area contributed by atoms with Crippen LogP contribution in [0.4, 0.5) is 0 Å². The number of rotatable bonds is 4. The standard InChI is InChI=1S/C11H12BrN3OS/c1-13-8(10-7(12)3-6-17-10)9-11(16-2)15-5-4-14-9/h3-6,8,13H,1-2H3. The number of ether oxygens (including phenoxy) is 1. The van der Waals surface area contributed by atoms with Crippen LogP contribution in [-0.2, 0) is 0 Å². The molecular formula is C11H12BrN3OS. The van der Waals surface area contributed by atoms with E-state index >= 15 is 0 Å². The van der Waals surface area contributed by atoms with Gasteiger partial charge in [-0.15, -0.1) is 11.3 Å². The second-order valence-electron chi connectivity index (χ2n) is 3.31. The van der Waals surface area contributed by atoms with Gasteiger partial charge in [0.1, 0.15) is 5.69 Å². The predicted octanol–water partition coefficient (Wildman–Crippen LogP) is 2.62. The third-order valence-electron chi connectivity index (χ3n) is 2.35. The first-order chi connectivity index (χ1) is 8.27. The Morgan fingerprint density at radius 3 is 2.76 bits per heavy atom. The highest BCUT2D eigenvalue weighted by molar-refractivity contribution is 9.10. The lowest BCUT2D eigenvalue weighted by Gasteiger charge is -2.16. The SMILES string of the molecule is CNC(c1nccnc1OC)c1sccc1Br. The van der Waals surface area contributed by atoms with E-state index in [4.69, 9.17) is 4.74 Å². The van der Waals surface area contributed by atoms with Crippen LogP contribution in [0.3, 0.4) is 0 Å². The number of nitrogens with one attached hydrogen (secondary N) is 1. The van der Waals surface area contributed by atoms with Crippen molar-refractivity contribution in [3.63, 3.8) is 0 Å². The third kappa shape index (κ3) is 2.48. The highest BCUT2D eigenvalue weighted by atomic mass is 79.9. The van der Waals surface area contributed by atoms with E-state index in [1.54, 1.807) is 30.8 Å². The van der Waals surface area contributed by atoms with Crippen molar-refractivity contribution in [2.75, 3.05) is 14.2 Å². The first-order valence-corrected chi connectivity index (χ1v) is 6.70. The summed E-state index contributed by atoms with van der Waals surface area (Å²) in [6, 6.07) is 2.00. The summed E-state index contributed by atoms with van der Waals surface area (Å²) < 4.78 is 6.31. The van der Waals surface area contributed by atoms with Gasteiger partial charge in [0.25, 0.3) is 0 Å². The smallest absolute Gasteiger partial charge is 0.237 e. The molecule has 2 rings (SSSR count). The Labute approximate surface area is 112 Å². The highest BCUT2D eigenvalue weighted by Crippen LogP contribution is 2.34. The summed E-state index contributed by atoms with van der Waals surface area (Å²) in [5.41, 5.74) is 0.792. The van der Waals surface area contributed by atoms with Crippen LogP contribution in [0, 0.1) is 0 Å². The van der Waals surface area contributed by atoms with E-state index in [-0.39, 0.29) is 6.04 Å². The van der Waals surface area contributed by atoms with Gasteiger partial charge in [0.2, 0.25) is 5.88 Å². The summed E-state index contributed by atoms with van der Waals surface area (Å²) >= 11 is 5.20. The molecule has 0 aliphatic heterocycles. The van der Waals surface area contributed by atoms with Crippen molar-refractivity contribution in [2.45, 2.75) is 6.04 Å². The topological polar surface area (TPSA) is 47.0 Å². The van der Waals surface area contributed by atoms with Crippen molar-refractivity contribution in [3.05, 3.63) is 38.9 Å². The fourth-order valence-electron chi connectivity index (χ4n) is 1.59. The molecule has 17 heavy (non-hydrogen) atoms. The van der Waals surface area contributed by atoms with E-state index in [2.05, 4.69) is 31.2 Å². The Morgan fingerprint density at radius 1 is 1.41 bits per heavy atom. The maximum absolute atomic E-state index is 5.24. The molecule has 0 aliphatic carbocycles. The number of hydrogen-bond donors (Lipinski definition) is 1. The first kappa shape index (κ1) is 12.5. The minimum Gasteiger partial charge on any atom is -0.480 e. The predicted molar refractivity (Wildman–Crippen MR) is 71.5 cm³/mol. The molecule has 0 radical (unpaired) electrons. The van der Waals surface area contributed by atoms with Gasteiger partial charge in [-0.25, -0.2) is 4.98 Å². The molecule has 0 fully saturated rings. The number of thiophene rings is 1. The number of nitrogens with zero attached hydrogens (tertiary/aromatic N) is 2. The Hall–Kier alpha value is -0.980. The number of halogens is 1. The Kier molecular flexibility index (Phi) is 4.09. The van der Waals surface area contributed by atoms with Crippen LogP contribution >= 0.6 is 27.3 Å². The van der Waals surface area contributed by atoms with Crippen molar-refractivity contribution in [1.29, 1.82) is 0 Å². The Balaban J connectivity index is 2.46. The zero-order valence-electron chi connectivity index (χ0n) is 9.48. The zero-order valence-corrected chi connectivity index (χ0v) is 11.9. The highest BCUT2D eigenvalue weighted by Gasteiger charge is 2.21. The fraction of sp³-hybridized carbons (Fsp3) is 0.273. The molecular weight excluding hydrogens is 302 g/mol. The third-order valence-corrected chi connectivity index (χ3v) is 4.29. The van der Waals surface area contributed by atoms with Crippen LogP contribution in [0.2, 0.25) is 0 Å². The molecule has 0 saturated heterocycles. The Morgan fingerprint density at radius 2 is 2.18 bits per heavy atom. The minimum atomic E-state index is -0.0203. The summed E-state index contributed by atoms with van der Waals surface area (Å²) in [5.74, 6) is 0.548. The summed E-state index contributed by atoms with van der Waals surface area (Å²) in [5, 5.41) is 5.27. The number of hydrogen-bond acceptors (Lipinski definition) is 5. The van der Waals surface area contributed by atoms with E-state index in [1.807, 2.05) is 18.5 Å². The second-order valence-corrected chi connectivity index (χ2v) is 5.11. The molecule has 1 N–H and O–H groups in total. The summed E-state index contributed by atoms with van der Waals surface area (Å²) in [4.78, 5) is 9.68. The molecule has 0 bridgehead atoms. The van der Waals surface area contributed by atoms with Gasteiger partial charge in [-0.2, -0.15) is 0 Å². The molecule has 1 atom stereocenters. The lowest BCUT2D eigenvalue weighted by atomic mass is 10.1. The van der Waals surface area contributed by atoms with Gasteiger partial charge in [0.05, 0.1) is 13.2 Å². The summed E-state index contributed by atoms with van der Waals surface area (Å²) in [6.45, 7) is 0. The molecule has 2 heterocycles. The largest absolute Gasteiger partial charge is 0.480 e. The van der Waals surface area contributed by atoms with E-state index in [9.17, 15) is 0 Å². The number of aromatic nitrogens is 2. The van der Waals surface area contributed by atoms with Crippen molar-refractivity contribution in [1.82, 2.24) is 15.3 Å². The molecule has 4 nitrogen and oxygen atoms in total. The zero-order chi connectivity index (χ0) is 12.3. The second kappa shape index (κ2) is 5.57. The van der Waals surface area contributed by atoms with Crippen LogP contribution in [-0.4, -0.2) is 24.1 Å². The molecule has 0 aliphatic rings. The summed E-state index contributed by atoms with van der Waals surface area (Å²) in [7, 11) is 3.49. The van der Waals surface area contributed by atoms with Gasteiger partial charge in [-0.3, -0.25) is 4.98 Å². The van der Waals surface area contributed by atoms with Crippen LogP contribution in [0.25, 0.3) is 0 Å². The average Bonchev–Trinajstić information content (AvgIpc) is 2.78. The lowest BCUT2D eigenvalue weighted by Crippen LogP contribution is -2.19. The monoisotopic (exact) mass is 313 g/mol. The van der Waals surface area contributed by atoms with Crippen LogP contribution in [0.15, 0.2) is 28.3 Å². The maximum Gasteiger partial charge on any atom is 0.237 e. The van der Waals surface area contributed by atoms with Crippen molar-refractivity contribution in [3.8, 4) is 5.88 Å². The Bertz CT molecular complexity index is 503. The van der Waals surface area contributed by atoms with Gasteiger partial charge in [0.15, 0.2) is 0 Å². The van der Waals surface area contributed by atoms with Gasteiger partial charge < -0.3 is 10.1 Å². The quantitative estimate of drug-likeness (QED) is 0.942. The van der Waals surface area contributed by atoms with Crippen molar-refractivity contribution in [2.24, 2.45) is 0 Å². The minimum absolute atomic E-state index is 0.0203. The molecule has 1 unspecified atom stereocenters. The van der Waals surface area contributed by atoms with E-state index < -0.39 is 0 Å². The van der Waals surface area contributed by atoms with E-state index in [0.717, 1.165) is 15.0 Å². The van der Waals surface area contributed by atoms with Gasteiger partial charge in [-0.1, -0.05) is 0 Å². The van der Waals surface area contributed by atoms with Gasteiger partial charge in [0, 0.05) is 21.7 Å². The normalized spacial score (nSPS) is 12.4. The lowest BCUT2D eigenvalue weighted by molar-refractivity contribution is 0.384. The molecule has 6 heteroatoms. The first-order valence-electron chi connectivity index (χ1n) is 5.03. The number of methoxy groups -OCH3 is 1. The molecule has 0 spiro atoms. The molecule has 2 aromatic heterocycles. The molecule has 0 saturated carbocycles. The molecule has 90 valence electrons. The van der Waals surface area contributed by atoms with Crippen molar-refractivity contribution < 1.29 is 4.74 Å². The average molecular weight is 314 g/mol. The van der Waals surface area contributed by atoms with Crippen molar-refractivity contribution >= 4 is 27.3 Å². The van der Waals surface area contributed by atoms with Crippen LogP contribution in [0.1, 0.15) is 16.6 Å². The maximum atomic E-state index is 5.24. The fourth-order valence-corrected chi connectivity index (χ4v) is 3.31. The molecule has 0 amide bonds. The van der Waals surface area contributed by atoms with E-state index in [0.29, 0.717) is 5.88 Å². The summed E-state index contributed by atoms with van der Waals surface area (Å²) in [6.07, 6.45) is 3.29. The molecule has 2 aromatic rings. The van der Waals surface area contributed by atoms with E-state index in [1.165, 1.54) is 0 Å². The van der Waals surface area contributed by atoms with Crippen LogP contribution < -0.4 is 10.1 Å². The van der Waals surface area contributed by atoms with Gasteiger partial charge in [-0.05, 0) is 34.4 Å². The van der Waals surface area contributed by atoms with Crippen LogP contribution in [0.5, 0.6) is 5.88 Å².